The third-order valence-corrected chi connectivity index (χ3v) is 4.43. The van der Waals surface area contributed by atoms with Gasteiger partial charge in [0.25, 0.3) is 5.91 Å². The van der Waals surface area contributed by atoms with Crippen LogP contribution in [0.25, 0.3) is 6.08 Å². The van der Waals surface area contributed by atoms with Gasteiger partial charge in [0, 0.05) is 6.08 Å². The van der Waals surface area contributed by atoms with E-state index in [1.165, 1.54) is 11.2 Å². The van der Waals surface area contributed by atoms with Gasteiger partial charge in [0.05, 0.1) is 26.9 Å². The molecular weight excluding hydrogens is 331 g/mol. The fraction of sp³-hybridized carbons (Fsp3) is 0. The summed E-state index contributed by atoms with van der Waals surface area (Å²) in [4.78, 5) is 14.1. The van der Waals surface area contributed by atoms with E-state index in [1.54, 1.807) is 36.4 Å². The summed E-state index contributed by atoms with van der Waals surface area (Å²) in [5, 5.41) is 8.82. The topological polar surface area (TPSA) is 57.3 Å². The SMILES string of the molecule is N=C1S/C(=C\c2ccco2)C(=O)N1c1ccc(Cl)c(Cl)c1. The molecular formula is C14H8Cl2N2O2S. The van der Waals surface area contributed by atoms with Crippen molar-refractivity contribution >= 4 is 57.8 Å². The first-order valence-electron chi connectivity index (χ1n) is 5.87. The molecule has 0 spiro atoms. The standard InChI is InChI=1S/C14H8Cl2N2O2S/c15-10-4-3-8(6-11(10)16)18-13(19)12(21-14(18)17)7-9-2-1-5-20-9/h1-7,17H/b12-7-,17-14?. The van der Waals surface area contributed by atoms with Crippen molar-refractivity contribution in [3.8, 4) is 0 Å². The predicted molar refractivity (Wildman–Crippen MR) is 86.0 cm³/mol. The molecule has 2 aromatic rings. The summed E-state index contributed by atoms with van der Waals surface area (Å²) in [5.41, 5.74) is 0.509. The van der Waals surface area contributed by atoms with Gasteiger partial charge in [-0.1, -0.05) is 23.2 Å². The van der Waals surface area contributed by atoms with Gasteiger partial charge >= 0.3 is 0 Å². The third kappa shape index (κ3) is 2.72. The molecule has 0 bridgehead atoms. The second-order valence-electron chi connectivity index (χ2n) is 4.17. The van der Waals surface area contributed by atoms with Crippen molar-refractivity contribution in [2.75, 3.05) is 4.90 Å². The molecule has 2 heterocycles. The van der Waals surface area contributed by atoms with E-state index in [2.05, 4.69) is 0 Å². The van der Waals surface area contributed by atoms with Crippen LogP contribution in [0.1, 0.15) is 5.76 Å². The van der Waals surface area contributed by atoms with Crippen LogP contribution >= 0.6 is 35.0 Å². The van der Waals surface area contributed by atoms with Crippen LogP contribution in [0.5, 0.6) is 0 Å². The molecule has 106 valence electrons. The molecule has 0 saturated carbocycles. The summed E-state index contributed by atoms with van der Waals surface area (Å²) >= 11 is 12.9. The second kappa shape index (κ2) is 5.60. The van der Waals surface area contributed by atoms with Crippen LogP contribution in [-0.4, -0.2) is 11.1 Å². The molecule has 0 aliphatic carbocycles. The van der Waals surface area contributed by atoms with Crippen molar-refractivity contribution in [3.05, 3.63) is 57.3 Å². The Morgan fingerprint density at radius 1 is 1.24 bits per heavy atom. The minimum atomic E-state index is -0.292. The molecule has 0 atom stereocenters. The van der Waals surface area contributed by atoms with Gasteiger partial charge in [-0.05, 0) is 42.1 Å². The number of carbonyl (C=O) groups is 1. The van der Waals surface area contributed by atoms with Gasteiger partial charge in [0.2, 0.25) is 0 Å². The number of thioether (sulfide) groups is 1. The van der Waals surface area contributed by atoms with Crippen LogP contribution in [0.15, 0.2) is 45.9 Å². The largest absolute Gasteiger partial charge is 0.465 e. The lowest BCUT2D eigenvalue weighted by Gasteiger charge is -2.14. The average molecular weight is 339 g/mol. The van der Waals surface area contributed by atoms with Gasteiger partial charge in [0.1, 0.15) is 5.76 Å². The van der Waals surface area contributed by atoms with E-state index in [-0.39, 0.29) is 11.1 Å². The summed E-state index contributed by atoms with van der Waals surface area (Å²) in [6.07, 6.45) is 3.14. The second-order valence-corrected chi connectivity index (χ2v) is 6.02. The lowest BCUT2D eigenvalue weighted by atomic mass is 10.3. The van der Waals surface area contributed by atoms with Crippen LogP contribution in [0.4, 0.5) is 5.69 Å². The molecule has 4 nitrogen and oxygen atoms in total. The first-order valence-corrected chi connectivity index (χ1v) is 7.44. The molecule has 1 aromatic heterocycles. The highest BCUT2D eigenvalue weighted by molar-refractivity contribution is 8.19. The van der Waals surface area contributed by atoms with Gasteiger partial charge in [-0.15, -0.1) is 0 Å². The number of halogens is 2. The first kappa shape index (κ1) is 14.3. The molecule has 1 fully saturated rings. The molecule has 1 aliphatic rings. The minimum Gasteiger partial charge on any atom is -0.465 e. The number of furan rings is 1. The summed E-state index contributed by atoms with van der Waals surface area (Å²) < 4.78 is 5.19. The maximum atomic E-state index is 12.4. The number of amidine groups is 1. The Kier molecular flexibility index (Phi) is 3.80. The number of carbonyl (C=O) groups excluding carboxylic acids is 1. The predicted octanol–water partition coefficient (Wildman–Crippen LogP) is 4.64. The lowest BCUT2D eigenvalue weighted by Crippen LogP contribution is -2.28. The number of hydrogen-bond donors (Lipinski definition) is 1. The van der Waals surface area contributed by atoms with Crippen LogP contribution in [0.3, 0.4) is 0 Å². The highest BCUT2D eigenvalue weighted by Gasteiger charge is 2.34. The molecule has 0 radical (unpaired) electrons. The van der Waals surface area contributed by atoms with Crippen molar-refractivity contribution in [1.29, 1.82) is 5.41 Å². The Morgan fingerprint density at radius 3 is 2.71 bits per heavy atom. The molecule has 21 heavy (non-hydrogen) atoms. The van der Waals surface area contributed by atoms with Crippen LogP contribution in [0, 0.1) is 5.41 Å². The Bertz CT molecular complexity index is 756. The zero-order valence-electron chi connectivity index (χ0n) is 10.5. The summed E-state index contributed by atoms with van der Waals surface area (Å²) in [6, 6.07) is 8.28. The van der Waals surface area contributed by atoms with Crippen LogP contribution in [0.2, 0.25) is 10.0 Å². The zero-order valence-corrected chi connectivity index (χ0v) is 12.8. The number of nitrogens with one attached hydrogen (secondary N) is 1. The quantitative estimate of drug-likeness (QED) is 0.811. The Labute approximate surface area is 134 Å². The molecule has 1 saturated heterocycles. The molecule has 3 rings (SSSR count). The molecule has 0 unspecified atom stereocenters. The van der Waals surface area contributed by atoms with E-state index in [9.17, 15) is 4.79 Å². The summed E-state index contributed by atoms with van der Waals surface area (Å²) in [7, 11) is 0. The number of amides is 1. The number of hydrogen-bond acceptors (Lipinski definition) is 4. The first-order chi connectivity index (χ1) is 10.1. The van der Waals surface area contributed by atoms with E-state index in [4.69, 9.17) is 33.0 Å². The highest BCUT2D eigenvalue weighted by Crippen LogP contribution is 2.37. The van der Waals surface area contributed by atoms with Crippen molar-refractivity contribution in [2.45, 2.75) is 0 Å². The summed E-state index contributed by atoms with van der Waals surface area (Å²) in [6.45, 7) is 0. The monoisotopic (exact) mass is 338 g/mol. The van der Waals surface area contributed by atoms with Gasteiger partial charge in [-0.25, -0.2) is 0 Å². The molecule has 1 aromatic carbocycles. The van der Waals surface area contributed by atoms with Crippen molar-refractivity contribution < 1.29 is 9.21 Å². The zero-order chi connectivity index (χ0) is 15.0. The van der Waals surface area contributed by atoms with E-state index >= 15 is 0 Å². The Hall–Kier alpha value is -1.69. The number of rotatable bonds is 2. The fourth-order valence-electron chi connectivity index (χ4n) is 1.85. The van der Waals surface area contributed by atoms with E-state index in [0.29, 0.717) is 26.4 Å². The average Bonchev–Trinajstić information content (AvgIpc) is 3.03. The van der Waals surface area contributed by atoms with Gasteiger partial charge in [-0.2, -0.15) is 0 Å². The van der Waals surface area contributed by atoms with E-state index in [0.717, 1.165) is 11.8 Å². The fourth-order valence-corrected chi connectivity index (χ4v) is 2.98. The van der Waals surface area contributed by atoms with E-state index in [1.807, 2.05) is 0 Å². The Balaban J connectivity index is 1.95. The van der Waals surface area contributed by atoms with Crippen LogP contribution in [-0.2, 0) is 4.79 Å². The maximum absolute atomic E-state index is 12.4. The van der Waals surface area contributed by atoms with Gasteiger partial charge in [-0.3, -0.25) is 15.1 Å². The molecule has 1 aliphatic heterocycles. The van der Waals surface area contributed by atoms with Crippen molar-refractivity contribution in [3.63, 3.8) is 0 Å². The number of anilines is 1. The van der Waals surface area contributed by atoms with E-state index < -0.39 is 0 Å². The van der Waals surface area contributed by atoms with Gasteiger partial charge in [0.15, 0.2) is 5.17 Å². The summed E-state index contributed by atoms with van der Waals surface area (Å²) in [5.74, 6) is 0.273. The third-order valence-electron chi connectivity index (χ3n) is 2.80. The smallest absolute Gasteiger partial charge is 0.271 e. The normalized spacial score (nSPS) is 17.0. The molecule has 1 N–H and O–H groups in total. The van der Waals surface area contributed by atoms with Crippen molar-refractivity contribution in [2.24, 2.45) is 0 Å². The number of benzene rings is 1. The number of nitrogens with zero attached hydrogens (tertiary/aromatic N) is 1. The lowest BCUT2D eigenvalue weighted by molar-refractivity contribution is -0.113. The maximum Gasteiger partial charge on any atom is 0.271 e. The van der Waals surface area contributed by atoms with Crippen LogP contribution < -0.4 is 4.90 Å². The van der Waals surface area contributed by atoms with Crippen molar-refractivity contribution in [1.82, 2.24) is 0 Å². The molecule has 1 amide bonds. The minimum absolute atomic E-state index is 0.108. The molecule has 7 heteroatoms. The highest BCUT2D eigenvalue weighted by atomic mass is 35.5. The Morgan fingerprint density at radius 2 is 2.05 bits per heavy atom. The van der Waals surface area contributed by atoms with Gasteiger partial charge < -0.3 is 4.42 Å².